The molecule has 0 saturated carbocycles. The minimum atomic E-state index is 0.129. The Labute approximate surface area is 145 Å². The van der Waals surface area contributed by atoms with E-state index in [4.69, 9.17) is 0 Å². The largest absolute Gasteiger partial charge is 0.357 e. The topological polar surface area (TPSA) is 48.5 Å². The summed E-state index contributed by atoms with van der Waals surface area (Å²) in [6, 6.07) is 3.96. The number of amides is 1. The summed E-state index contributed by atoms with van der Waals surface area (Å²) in [5.74, 6) is 2.64. The molecule has 0 aliphatic carbocycles. The first-order valence-corrected chi connectivity index (χ1v) is 9.32. The van der Waals surface area contributed by atoms with Gasteiger partial charge >= 0.3 is 0 Å². The Morgan fingerprint density at radius 1 is 1.17 bits per heavy atom. The Morgan fingerprint density at radius 2 is 1.88 bits per heavy atom. The summed E-state index contributed by atoms with van der Waals surface area (Å²) in [5, 5.41) is 3.24. The molecule has 2 saturated heterocycles. The van der Waals surface area contributed by atoms with Crippen molar-refractivity contribution in [3.63, 3.8) is 0 Å². The molecule has 2 aliphatic heterocycles. The normalized spacial score (nSPS) is 20.4. The first-order valence-electron chi connectivity index (χ1n) is 9.32. The van der Waals surface area contributed by atoms with Crippen molar-refractivity contribution in [3.05, 3.63) is 23.9 Å². The molecule has 0 aromatic carbocycles. The van der Waals surface area contributed by atoms with Crippen LogP contribution in [0.5, 0.6) is 0 Å². The van der Waals surface area contributed by atoms with Crippen molar-refractivity contribution in [3.8, 4) is 0 Å². The van der Waals surface area contributed by atoms with Gasteiger partial charge in [-0.25, -0.2) is 4.98 Å². The van der Waals surface area contributed by atoms with E-state index in [0.29, 0.717) is 5.92 Å². The minimum absolute atomic E-state index is 0.129. The Hall–Kier alpha value is -1.62. The van der Waals surface area contributed by atoms with Crippen LogP contribution in [0.2, 0.25) is 0 Å². The van der Waals surface area contributed by atoms with E-state index in [9.17, 15) is 4.79 Å². The molecule has 3 rings (SSSR count). The molecular weight excluding hydrogens is 300 g/mol. The zero-order chi connectivity index (χ0) is 16.9. The number of carbonyl (C=O) groups excluding carboxylic acids is 1. The van der Waals surface area contributed by atoms with E-state index in [1.54, 1.807) is 6.20 Å². The van der Waals surface area contributed by atoms with Crippen molar-refractivity contribution in [2.75, 3.05) is 44.7 Å². The number of hydrogen-bond acceptors (Lipinski definition) is 4. The first kappa shape index (κ1) is 17.2. The van der Waals surface area contributed by atoms with Gasteiger partial charge in [-0.2, -0.15) is 0 Å². The third-order valence-corrected chi connectivity index (χ3v) is 5.50. The van der Waals surface area contributed by atoms with Crippen LogP contribution in [-0.2, 0) is 0 Å². The summed E-state index contributed by atoms with van der Waals surface area (Å²) < 4.78 is 0. The summed E-state index contributed by atoms with van der Waals surface area (Å²) in [5.41, 5.74) is 0.719. The van der Waals surface area contributed by atoms with Crippen molar-refractivity contribution < 1.29 is 4.79 Å². The van der Waals surface area contributed by atoms with Crippen LogP contribution < -0.4 is 10.2 Å². The first-order chi connectivity index (χ1) is 11.7. The highest BCUT2D eigenvalue weighted by Gasteiger charge is 2.24. The second kappa shape index (κ2) is 7.97. The Morgan fingerprint density at radius 3 is 2.46 bits per heavy atom. The van der Waals surface area contributed by atoms with Gasteiger partial charge in [0.15, 0.2) is 0 Å². The van der Waals surface area contributed by atoms with Gasteiger partial charge in [0.05, 0.1) is 5.56 Å². The Kier molecular flexibility index (Phi) is 5.72. The molecule has 2 fully saturated rings. The fourth-order valence-electron chi connectivity index (χ4n) is 3.75. The Balaban J connectivity index is 1.56. The van der Waals surface area contributed by atoms with Gasteiger partial charge in [-0.3, -0.25) is 4.79 Å². The number of rotatable bonds is 4. The van der Waals surface area contributed by atoms with Gasteiger partial charge < -0.3 is 15.1 Å². The molecule has 0 unspecified atom stereocenters. The van der Waals surface area contributed by atoms with Crippen LogP contribution in [0.15, 0.2) is 18.3 Å². The maximum absolute atomic E-state index is 12.7. The van der Waals surface area contributed by atoms with Crippen molar-refractivity contribution in [1.82, 2.24) is 15.2 Å². The Bertz CT molecular complexity index is 529. The van der Waals surface area contributed by atoms with Gasteiger partial charge in [0, 0.05) is 32.4 Å². The monoisotopic (exact) mass is 330 g/mol. The van der Waals surface area contributed by atoms with Gasteiger partial charge in [0.2, 0.25) is 0 Å². The number of pyridine rings is 1. The van der Waals surface area contributed by atoms with Crippen LogP contribution in [0.3, 0.4) is 0 Å². The molecule has 5 nitrogen and oxygen atoms in total. The van der Waals surface area contributed by atoms with Crippen LogP contribution in [0.4, 0.5) is 5.82 Å². The quantitative estimate of drug-likeness (QED) is 0.921. The number of nitrogens with zero attached hydrogens (tertiary/aromatic N) is 3. The molecule has 1 N–H and O–H groups in total. The summed E-state index contributed by atoms with van der Waals surface area (Å²) in [6.45, 7) is 7.22. The predicted molar refractivity (Wildman–Crippen MR) is 97.4 cm³/mol. The molecule has 24 heavy (non-hydrogen) atoms. The van der Waals surface area contributed by atoms with Crippen molar-refractivity contribution in [2.45, 2.75) is 32.6 Å². The van der Waals surface area contributed by atoms with Crippen molar-refractivity contribution >= 4 is 11.7 Å². The van der Waals surface area contributed by atoms with E-state index in [1.807, 2.05) is 24.1 Å². The van der Waals surface area contributed by atoms with Crippen molar-refractivity contribution in [2.24, 2.45) is 11.8 Å². The molecule has 1 amide bonds. The lowest BCUT2D eigenvalue weighted by Gasteiger charge is -2.32. The minimum Gasteiger partial charge on any atom is -0.357 e. The molecule has 0 spiro atoms. The molecule has 2 aliphatic rings. The second-order valence-corrected chi connectivity index (χ2v) is 7.37. The van der Waals surface area contributed by atoms with E-state index in [2.05, 4.69) is 22.1 Å². The maximum Gasteiger partial charge on any atom is 0.255 e. The highest BCUT2D eigenvalue weighted by Crippen LogP contribution is 2.22. The highest BCUT2D eigenvalue weighted by molar-refractivity contribution is 5.94. The standard InChI is InChI=1S/C19H30N4O/c1-15-5-9-22(10-6-15)18-4-3-17(14-21-18)19(24)23-11-7-16(8-12-23)13-20-2/h3-4,14-16,20H,5-13H2,1-2H3. The van der Waals surface area contributed by atoms with Gasteiger partial charge in [-0.05, 0) is 63.2 Å². The molecule has 1 aromatic rings. The van der Waals surface area contributed by atoms with Gasteiger partial charge in [-0.1, -0.05) is 6.92 Å². The van der Waals surface area contributed by atoms with Gasteiger partial charge in [-0.15, -0.1) is 0 Å². The summed E-state index contributed by atoms with van der Waals surface area (Å²) in [4.78, 5) is 21.5. The van der Waals surface area contributed by atoms with E-state index in [1.165, 1.54) is 12.8 Å². The second-order valence-electron chi connectivity index (χ2n) is 7.37. The van der Waals surface area contributed by atoms with Crippen LogP contribution in [0, 0.1) is 11.8 Å². The third-order valence-electron chi connectivity index (χ3n) is 5.50. The molecule has 1 aromatic heterocycles. The molecule has 0 radical (unpaired) electrons. The van der Waals surface area contributed by atoms with E-state index < -0.39 is 0 Å². The average molecular weight is 330 g/mol. The fourth-order valence-corrected chi connectivity index (χ4v) is 3.75. The molecule has 3 heterocycles. The molecule has 132 valence electrons. The molecule has 0 bridgehead atoms. The lowest BCUT2D eigenvalue weighted by atomic mass is 9.96. The number of anilines is 1. The fraction of sp³-hybridized carbons (Fsp3) is 0.684. The number of piperidine rings is 2. The lowest BCUT2D eigenvalue weighted by molar-refractivity contribution is 0.0690. The highest BCUT2D eigenvalue weighted by atomic mass is 16.2. The zero-order valence-corrected chi connectivity index (χ0v) is 15.0. The number of hydrogen-bond donors (Lipinski definition) is 1. The number of carbonyl (C=O) groups is 1. The number of aromatic nitrogens is 1. The summed E-state index contributed by atoms with van der Waals surface area (Å²) in [6.07, 6.45) is 6.39. The van der Waals surface area contributed by atoms with Gasteiger partial charge in [0.25, 0.3) is 5.91 Å². The molecular formula is C19H30N4O. The van der Waals surface area contributed by atoms with E-state index in [-0.39, 0.29) is 5.91 Å². The average Bonchev–Trinajstić information content (AvgIpc) is 2.63. The maximum atomic E-state index is 12.7. The molecule has 5 heteroatoms. The number of nitrogens with one attached hydrogen (secondary N) is 1. The number of likely N-dealkylation sites (tertiary alicyclic amines) is 1. The zero-order valence-electron chi connectivity index (χ0n) is 15.0. The van der Waals surface area contributed by atoms with E-state index in [0.717, 1.165) is 62.9 Å². The van der Waals surface area contributed by atoms with E-state index >= 15 is 0 Å². The predicted octanol–water partition coefficient (Wildman–Crippen LogP) is 2.39. The van der Waals surface area contributed by atoms with Gasteiger partial charge in [0.1, 0.15) is 5.82 Å². The molecule has 0 atom stereocenters. The van der Waals surface area contributed by atoms with Crippen LogP contribution in [0.25, 0.3) is 0 Å². The SMILES string of the molecule is CNCC1CCN(C(=O)c2ccc(N3CCC(C)CC3)nc2)CC1. The third kappa shape index (κ3) is 4.07. The van der Waals surface area contributed by atoms with Crippen LogP contribution >= 0.6 is 0 Å². The van der Waals surface area contributed by atoms with Crippen molar-refractivity contribution in [1.29, 1.82) is 0 Å². The van der Waals surface area contributed by atoms with Crippen LogP contribution in [-0.4, -0.2) is 55.6 Å². The summed E-state index contributed by atoms with van der Waals surface area (Å²) in [7, 11) is 1.99. The smallest absolute Gasteiger partial charge is 0.255 e. The summed E-state index contributed by atoms with van der Waals surface area (Å²) >= 11 is 0. The van der Waals surface area contributed by atoms with Crippen LogP contribution in [0.1, 0.15) is 43.0 Å². The lowest BCUT2D eigenvalue weighted by Crippen LogP contribution is -2.40.